The molecular formula is C23H33N3O3. The van der Waals surface area contributed by atoms with Gasteiger partial charge in [-0.25, -0.2) is 0 Å². The molecule has 1 unspecified atom stereocenters. The number of phenols is 1. The highest BCUT2D eigenvalue weighted by atomic mass is 16.5. The lowest BCUT2D eigenvalue weighted by Crippen LogP contribution is -2.38. The molecule has 0 aliphatic heterocycles. The van der Waals surface area contributed by atoms with Gasteiger partial charge in [-0.1, -0.05) is 31.2 Å². The third kappa shape index (κ3) is 6.89. The molecule has 2 rings (SSSR count). The summed E-state index contributed by atoms with van der Waals surface area (Å²) in [5.74, 6) is 2.78. The van der Waals surface area contributed by atoms with Crippen LogP contribution in [0.1, 0.15) is 37.3 Å². The lowest BCUT2D eigenvalue weighted by molar-refractivity contribution is 0.370. The zero-order valence-corrected chi connectivity index (χ0v) is 17.9. The van der Waals surface area contributed by atoms with E-state index in [1.165, 1.54) is 5.56 Å². The molecule has 6 heteroatoms. The minimum atomic E-state index is 0.201. The highest BCUT2D eigenvalue weighted by molar-refractivity contribution is 5.79. The molecule has 0 aromatic heterocycles. The fourth-order valence-electron chi connectivity index (χ4n) is 3.06. The molecule has 0 radical (unpaired) electrons. The summed E-state index contributed by atoms with van der Waals surface area (Å²) in [6.07, 6.45) is 1.63. The van der Waals surface area contributed by atoms with Crippen molar-refractivity contribution in [2.75, 3.05) is 33.9 Å². The molecule has 2 aromatic carbocycles. The van der Waals surface area contributed by atoms with Crippen molar-refractivity contribution < 1.29 is 14.6 Å². The van der Waals surface area contributed by atoms with Gasteiger partial charge in [-0.05, 0) is 55.0 Å². The Hall–Kier alpha value is -2.89. The number of rotatable bonds is 10. The average molecular weight is 400 g/mol. The summed E-state index contributed by atoms with van der Waals surface area (Å²) in [6.45, 7) is 6.45. The Labute approximate surface area is 174 Å². The first-order valence-corrected chi connectivity index (χ1v) is 10.1. The van der Waals surface area contributed by atoms with Crippen molar-refractivity contribution in [1.82, 2.24) is 10.6 Å². The Bertz CT molecular complexity index is 775. The number of nitrogens with one attached hydrogen (secondary N) is 2. The molecule has 158 valence electrons. The zero-order chi connectivity index (χ0) is 21.1. The van der Waals surface area contributed by atoms with Crippen LogP contribution in [0.4, 0.5) is 0 Å². The molecule has 0 heterocycles. The summed E-state index contributed by atoms with van der Waals surface area (Å²) >= 11 is 0. The largest absolute Gasteiger partial charge is 0.504 e. The van der Waals surface area contributed by atoms with Gasteiger partial charge in [0.05, 0.1) is 14.2 Å². The Balaban J connectivity index is 1.85. The van der Waals surface area contributed by atoms with Crippen LogP contribution < -0.4 is 20.1 Å². The molecule has 0 saturated carbocycles. The number of benzene rings is 2. The molecule has 0 amide bonds. The van der Waals surface area contributed by atoms with Gasteiger partial charge < -0.3 is 25.2 Å². The Morgan fingerprint density at radius 1 is 1.07 bits per heavy atom. The van der Waals surface area contributed by atoms with Gasteiger partial charge in [0.2, 0.25) is 0 Å². The van der Waals surface area contributed by atoms with Gasteiger partial charge >= 0.3 is 0 Å². The number of para-hydroxylation sites is 1. The second kappa shape index (κ2) is 11.8. The highest BCUT2D eigenvalue weighted by Gasteiger charge is 2.08. The Kier molecular flexibility index (Phi) is 9.15. The van der Waals surface area contributed by atoms with Gasteiger partial charge in [-0.3, -0.25) is 4.99 Å². The molecule has 29 heavy (non-hydrogen) atoms. The first-order valence-electron chi connectivity index (χ1n) is 10.1. The van der Waals surface area contributed by atoms with Gasteiger partial charge in [0.1, 0.15) is 5.75 Å². The number of aliphatic imine (C=N–C) groups is 1. The molecule has 0 aliphatic carbocycles. The first kappa shape index (κ1) is 22.4. The van der Waals surface area contributed by atoms with Crippen LogP contribution in [0.3, 0.4) is 0 Å². The SMILES string of the molecule is CCNC(=NCCC(C)c1ccc(OC)cc1)NCCc1cccc(OC)c1O. The van der Waals surface area contributed by atoms with Crippen LogP contribution in [0.5, 0.6) is 17.2 Å². The maximum absolute atomic E-state index is 10.2. The smallest absolute Gasteiger partial charge is 0.191 e. The lowest BCUT2D eigenvalue weighted by atomic mass is 9.98. The normalized spacial score (nSPS) is 12.3. The molecule has 3 N–H and O–H groups in total. The van der Waals surface area contributed by atoms with Crippen LogP contribution in [0.2, 0.25) is 0 Å². The van der Waals surface area contributed by atoms with Crippen molar-refractivity contribution >= 4 is 5.96 Å². The number of guanidine groups is 1. The topological polar surface area (TPSA) is 75.1 Å². The Morgan fingerprint density at radius 2 is 1.83 bits per heavy atom. The van der Waals surface area contributed by atoms with E-state index in [4.69, 9.17) is 9.47 Å². The summed E-state index contributed by atoms with van der Waals surface area (Å²) in [5.41, 5.74) is 2.13. The number of nitrogens with zero attached hydrogens (tertiary/aromatic N) is 1. The number of hydrogen-bond acceptors (Lipinski definition) is 4. The standard InChI is InChI=1S/C23H33N3O3/c1-5-24-23(26-16-14-19-7-6-8-21(29-4)22(19)27)25-15-13-17(2)18-9-11-20(28-3)12-10-18/h6-12,17,27H,5,13-16H2,1-4H3,(H2,24,25,26). The van der Waals surface area contributed by atoms with E-state index >= 15 is 0 Å². The van der Waals surface area contributed by atoms with Gasteiger partial charge in [0, 0.05) is 19.6 Å². The average Bonchev–Trinajstić information content (AvgIpc) is 2.75. The second-order valence-corrected chi connectivity index (χ2v) is 6.87. The molecule has 0 spiro atoms. The van der Waals surface area contributed by atoms with Crippen LogP contribution in [-0.4, -0.2) is 44.9 Å². The van der Waals surface area contributed by atoms with E-state index in [1.54, 1.807) is 20.3 Å². The van der Waals surface area contributed by atoms with E-state index in [0.717, 1.165) is 36.8 Å². The molecule has 2 aromatic rings. The van der Waals surface area contributed by atoms with Crippen LogP contribution in [-0.2, 0) is 6.42 Å². The fourth-order valence-corrected chi connectivity index (χ4v) is 3.06. The summed E-state index contributed by atoms with van der Waals surface area (Å²) in [4.78, 5) is 4.68. The quantitative estimate of drug-likeness (QED) is 0.420. The maximum atomic E-state index is 10.2. The zero-order valence-electron chi connectivity index (χ0n) is 17.9. The van der Waals surface area contributed by atoms with Crippen molar-refractivity contribution in [2.24, 2.45) is 4.99 Å². The minimum absolute atomic E-state index is 0.201. The predicted octanol–water partition coefficient (Wildman–Crippen LogP) is 3.70. The van der Waals surface area contributed by atoms with Crippen LogP contribution in [0.15, 0.2) is 47.5 Å². The van der Waals surface area contributed by atoms with Gasteiger partial charge in [0.15, 0.2) is 17.5 Å². The highest BCUT2D eigenvalue weighted by Crippen LogP contribution is 2.29. The van der Waals surface area contributed by atoms with E-state index in [-0.39, 0.29) is 5.75 Å². The van der Waals surface area contributed by atoms with Crippen molar-refractivity contribution in [3.63, 3.8) is 0 Å². The number of aromatic hydroxyl groups is 1. The summed E-state index contributed by atoms with van der Waals surface area (Å²) in [5, 5.41) is 16.8. The van der Waals surface area contributed by atoms with Gasteiger partial charge in [0.25, 0.3) is 0 Å². The molecule has 1 atom stereocenters. The predicted molar refractivity (Wildman–Crippen MR) is 118 cm³/mol. The Morgan fingerprint density at radius 3 is 2.48 bits per heavy atom. The second-order valence-electron chi connectivity index (χ2n) is 6.87. The summed E-state index contributed by atoms with van der Waals surface area (Å²) < 4.78 is 10.4. The minimum Gasteiger partial charge on any atom is -0.504 e. The van der Waals surface area contributed by atoms with Crippen molar-refractivity contribution in [3.05, 3.63) is 53.6 Å². The third-order valence-corrected chi connectivity index (χ3v) is 4.85. The number of methoxy groups -OCH3 is 2. The van der Waals surface area contributed by atoms with Gasteiger partial charge in [-0.2, -0.15) is 0 Å². The molecule has 0 bridgehead atoms. The van der Waals surface area contributed by atoms with E-state index < -0.39 is 0 Å². The molecule has 6 nitrogen and oxygen atoms in total. The van der Waals surface area contributed by atoms with Crippen LogP contribution >= 0.6 is 0 Å². The third-order valence-electron chi connectivity index (χ3n) is 4.85. The molecule has 0 fully saturated rings. The summed E-state index contributed by atoms with van der Waals surface area (Å²) in [7, 11) is 3.23. The summed E-state index contributed by atoms with van der Waals surface area (Å²) in [6, 6.07) is 13.7. The first-order chi connectivity index (χ1) is 14.1. The fraction of sp³-hybridized carbons (Fsp3) is 0.435. The molecule has 0 aliphatic rings. The van der Waals surface area contributed by atoms with E-state index in [2.05, 4.69) is 34.7 Å². The van der Waals surface area contributed by atoms with Crippen LogP contribution in [0, 0.1) is 0 Å². The van der Waals surface area contributed by atoms with E-state index in [1.807, 2.05) is 31.2 Å². The molecular weight excluding hydrogens is 366 g/mol. The van der Waals surface area contributed by atoms with Crippen molar-refractivity contribution in [1.29, 1.82) is 0 Å². The monoisotopic (exact) mass is 399 g/mol. The number of ether oxygens (including phenoxy) is 2. The van der Waals surface area contributed by atoms with Crippen LogP contribution in [0.25, 0.3) is 0 Å². The maximum Gasteiger partial charge on any atom is 0.191 e. The van der Waals surface area contributed by atoms with Gasteiger partial charge in [-0.15, -0.1) is 0 Å². The van der Waals surface area contributed by atoms with Crippen molar-refractivity contribution in [3.8, 4) is 17.2 Å². The number of hydrogen-bond donors (Lipinski definition) is 3. The number of phenolic OH excluding ortho intramolecular Hbond substituents is 1. The van der Waals surface area contributed by atoms with E-state index in [9.17, 15) is 5.11 Å². The lowest BCUT2D eigenvalue weighted by Gasteiger charge is -2.14. The van der Waals surface area contributed by atoms with Crippen molar-refractivity contribution in [2.45, 2.75) is 32.6 Å². The van der Waals surface area contributed by atoms with E-state index in [0.29, 0.717) is 24.6 Å². The molecule has 0 saturated heterocycles.